The average Bonchev–Trinajstić information content (AvgIpc) is 2.51. The zero-order valence-corrected chi connectivity index (χ0v) is 7.51. The summed E-state index contributed by atoms with van der Waals surface area (Å²) in [7, 11) is 1.26. The summed E-state index contributed by atoms with van der Waals surface area (Å²) in [6.07, 6.45) is 0. The van der Waals surface area contributed by atoms with E-state index in [0.29, 0.717) is 5.56 Å². The van der Waals surface area contributed by atoms with E-state index in [0.717, 1.165) is 6.07 Å². The van der Waals surface area contributed by atoms with Crippen molar-refractivity contribution in [1.82, 2.24) is 0 Å². The van der Waals surface area contributed by atoms with E-state index in [1.807, 2.05) is 0 Å². The molecule has 1 aromatic carbocycles. The summed E-state index contributed by atoms with van der Waals surface area (Å²) in [4.78, 5) is 0. The van der Waals surface area contributed by atoms with Crippen LogP contribution in [0.4, 0.5) is 8.78 Å². The molecule has 1 atom stereocenters. The summed E-state index contributed by atoms with van der Waals surface area (Å²) < 4.78 is 36.0. The number of halogens is 2. The van der Waals surface area contributed by atoms with Crippen LogP contribution in [0.2, 0.25) is 0 Å². The van der Waals surface area contributed by atoms with Gasteiger partial charge in [-0.25, -0.2) is 4.39 Å². The lowest BCUT2D eigenvalue weighted by molar-refractivity contribution is 0.300. The normalized spacial score (nSPS) is 19.0. The number of benzene rings is 1. The molecule has 0 fully saturated rings. The molecular weight excluding hydrogens is 192 g/mol. The number of hydrogen-bond acceptors (Lipinski definition) is 3. The van der Waals surface area contributed by atoms with Crippen LogP contribution >= 0.6 is 0 Å². The molecule has 1 heterocycles. The van der Waals surface area contributed by atoms with Crippen molar-refractivity contribution >= 4 is 0 Å². The molecule has 0 amide bonds. The molecule has 0 aromatic heterocycles. The summed E-state index contributed by atoms with van der Waals surface area (Å²) >= 11 is 0. The zero-order chi connectivity index (χ0) is 10.3. The molecule has 0 aliphatic carbocycles. The van der Waals surface area contributed by atoms with E-state index in [1.165, 1.54) is 7.11 Å². The van der Waals surface area contributed by atoms with Crippen molar-refractivity contribution in [2.24, 2.45) is 5.73 Å². The molecule has 1 aromatic rings. The number of ether oxygens (including phenoxy) is 2. The number of fused-ring (bicyclic) bond motifs is 1. The number of rotatable bonds is 1. The first kappa shape index (κ1) is 9.21. The van der Waals surface area contributed by atoms with Gasteiger partial charge in [-0.1, -0.05) is 0 Å². The van der Waals surface area contributed by atoms with Crippen LogP contribution in [-0.2, 0) is 0 Å². The lowest BCUT2D eigenvalue weighted by Gasteiger charge is -2.08. The van der Waals surface area contributed by atoms with E-state index < -0.39 is 17.7 Å². The Morgan fingerprint density at radius 3 is 2.93 bits per heavy atom. The van der Waals surface area contributed by atoms with Crippen molar-refractivity contribution in [1.29, 1.82) is 0 Å². The highest BCUT2D eigenvalue weighted by atomic mass is 19.2. The average molecular weight is 201 g/mol. The molecule has 5 heteroatoms. The molecule has 0 unspecified atom stereocenters. The molecule has 0 radical (unpaired) electrons. The van der Waals surface area contributed by atoms with Crippen molar-refractivity contribution in [3.8, 4) is 11.5 Å². The van der Waals surface area contributed by atoms with Crippen LogP contribution in [0.3, 0.4) is 0 Å². The second kappa shape index (κ2) is 3.09. The van der Waals surface area contributed by atoms with Crippen LogP contribution < -0.4 is 15.2 Å². The third kappa shape index (κ3) is 1.13. The van der Waals surface area contributed by atoms with Gasteiger partial charge >= 0.3 is 0 Å². The molecule has 3 nitrogen and oxygen atoms in total. The molecule has 14 heavy (non-hydrogen) atoms. The third-order valence-corrected chi connectivity index (χ3v) is 2.17. The molecule has 1 aliphatic rings. The minimum absolute atomic E-state index is 0.207. The van der Waals surface area contributed by atoms with Gasteiger partial charge in [0, 0.05) is 5.56 Å². The monoisotopic (exact) mass is 201 g/mol. The van der Waals surface area contributed by atoms with E-state index in [2.05, 4.69) is 0 Å². The molecule has 2 rings (SSSR count). The van der Waals surface area contributed by atoms with Gasteiger partial charge in [0.15, 0.2) is 17.3 Å². The fraction of sp³-hybridized carbons (Fsp3) is 0.333. The highest BCUT2D eigenvalue weighted by molar-refractivity contribution is 5.51. The number of hydrogen-bond donors (Lipinski definition) is 1. The SMILES string of the molecule is COc1c(F)c(F)cc2c1OC[C@@H]2N. The van der Waals surface area contributed by atoms with Gasteiger partial charge in [0.1, 0.15) is 6.61 Å². The molecule has 2 N–H and O–H groups in total. The predicted octanol–water partition coefficient (Wildman–Crippen LogP) is 1.37. The van der Waals surface area contributed by atoms with Crippen molar-refractivity contribution in [3.05, 3.63) is 23.3 Å². The second-order valence-electron chi connectivity index (χ2n) is 3.04. The van der Waals surface area contributed by atoms with Gasteiger partial charge in [-0.2, -0.15) is 4.39 Å². The van der Waals surface area contributed by atoms with Crippen LogP contribution in [0.1, 0.15) is 11.6 Å². The second-order valence-corrected chi connectivity index (χ2v) is 3.04. The minimum atomic E-state index is -1.04. The largest absolute Gasteiger partial charge is 0.490 e. The molecule has 0 spiro atoms. The van der Waals surface area contributed by atoms with Crippen LogP contribution in [0.15, 0.2) is 6.07 Å². The van der Waals surface area contributed by atoms with Crippen LogP contribution in [0.5, 0.6) is 11.5 Å². The first-order valence-electron chi connectivity index (χ1n) is 4.09. The van der Waals surface area contributed by atoms with E-state index in [4.69, 9.17) is 15.2 Å². The standard InChI is InChI=1S/C9H9F2NO2/c1-13-9-7(11)5(10)2-4-6(12)3-14-8(4)9/h2,6H,3,12H2,1H3/t6-/m0/s1. The van der Waals surface area contributed by atoms with Crippen LogP contribution in [0.25, 0.3) is 0 Å². The lowest BCUT2D eigenvalue weighted by atomic mass is 10.1. The summed E-state index contributed by atoms with van der Waals surface area (Å²) in [5.41, 5.74) is 6.06. The van der Waals surface area contributed by atoms with Gasteiger partial charge in [0.05, 0.1) is 13.2 Å². The van der Waals surface area contributed by atoms with Crippen molar-refractivity contribution in [2.45, 2.75) is 6.04 Å². The first-order valence-corrected chi connectivity index (χ1v) is 4.09. The van der Waals surface area contributed by atoms with Gasteiger partial charge in [0.25, 0.3) is 0 Å². The Hall–Kier alpha value is -1.36. The lowest BCUT2D eigenvalue weighted by Crippen LogP contribution is -2.10. The Morgan fingerprint density at radius 2 is 2.29 bits per heavy atom. The molecule has 76 valence electrons. The maximum absolute atomic E-state index is 13.2. The molecule has 0 saturated carbocycles. The first-order chi connectivity index (χ1) is 6.65. The Bertz CT molecular complexity index is 382. The topological polar surface area (TPSA) is 44.5 Å². The molecule has 1 aliphatic heterocycles. The van der Waals surface area contributed by atoms with E-state index in [1.54, 1.807) is 0 Å². The Kier molecular flexibility index (Phi) is 2.03. The van der Waals surface area contributed by atoms with Gasteiger partial charge in [0.2, 0.25) is 5.82 Å². The maximum atomic E-state index is 13.2. The van der Waals surface area contributed by atoms with Crippen molar-refractivity contribution < 1.29 is 18.3 Å². The van der Waals surface area contributed by atoms with E-state index >= 15 is 0 Å². The van der Waals surface area contributed by atoms with Gasteiger partial charge in [-0.05, 0) is 6.07 Å². The minimum Gasteiger partial charge on any atom is -0.490 e. The molecule has 0 bridgehead atoms. The molecule has 0 saturated heterocycles. The van der Waals surface area contributed by atoms with Crippen molar-refractivity contribution in [3.63, 3.8) is 0 Å². The number of methoxy groups -OCH3 is 1. The Labute approximate surface area is 79.4 Å². The smallest absolute Gasteiger partial charge is 0.204 e. The third-order valence-electron chi connectivity index (χ3n) is 2.17. The Morgan fingerprint density at radius 1 is 1.57 bits per heavy atom. The highest BCUT2D eigenvalue weighted by Crippen LogP contribution is 2.41. The van der Waals surface area contributed by atoms with Gasteiger partial charge < -0.3 is 15.2 Å². The Balaban J connectivity index is 2.65. The van der Waals surface area contributed by atoms with E-state index in [-0.39, 0.29) is 18.1 Å². The van der Waals surface area contributed by atoms with Crippen molar-refractivity contribution in [2.75, 3.05) is 13.7 Å². The van der Waals surface area contributed by atoms with Crippen LogP contribution in [0, 0.1) is 11.6 Å². The predicted molar refractivity (Wildman–Crippen MR) is 45.3 cm³/mol. The van der Waals surface area contributed by atoms with E-state index in [9.17, 15) is 8.78 Å². The molecular formula is C9H9F2NO2. The van der Waals surface area contributed by atoms with Gasteiger partial charge in [-0.3, -0.25) is 0 Å². The summed E-state index contributed by atoms with van der Waals surface area (Å²) in [5.74, 6) is -2.02. The summed E-state index contributed by atoms with van der Waals surface area (Å²) in [5, 5.41) is 0. The fourth-order valence-electron chi connectivity index (χ4n) is 1.47. The zero-order valence-electron chi connectivity index (χ0n) is 7.51. The van der Waals surface area contributed by atoms with Crippen LogP contribution in [-0.4, -0.2) is 13.7 Å². The highest BCUT2D eigenvalue weighted by Gasteiger charge is 2.29. The quantitative estimate of drug-likeness (QED) is 0.746. The fourth-order valence-corrected chi connectivity index (χ4v) is 1.47. The maximum Gasteiger partial charge on any atom is 0.204 e. The summed E-state index contributed by atoms with van der Waals surface area (Å²) in [6, 6.07) is 0.624. The van der Waals surface area contributed by atoms with Gasteiger partial charge in [-0.15, -0.1) is 0 Å². The number of nitrogens with two attached hydrogens (primary N) is 1. The summed E-state index contributed by atoms with van der Waals surface area (Å²) in [6.45, 7) is 0.217.